The normalized spacial score (nSPS) is 12.7. The Bertz CT molecular complexity index is 145. The van der Waals surface area contributed by atoms with Gasteiger partial charge in [0.15, 0.2) is 0 Å². The number of allylic oxidation sites excluding steroid dienone is 2. The summed E-state index contributed by atoms with van der Waals surface area (Å²) < 4.78 is 10.1. The smallest absolute Gasteiger partial charge is 0.241 e. The topological polar surface area (TPSA) is 18.5 Å². The molecule has 0 aliphatic carbocycles. The fourth-order valence-corrected chi connectivity index (χ4v) is 0.900. The minimum absolute atomic E-state index is 1.38. The molecule has 3 heteroatoms. The molecule has 0 fully saturated rings. The van der Waals surface area contributed by atoms with Gasteiger partial charge in [0.2, 0.25) is 8.32 Å². The van der Waals surface area contributed by atoms with Crippen molar-refractivity contribution < 1.29 is 9.16 Å². The van der Waals surface area contributed by atoms with Crippen LogP contribution in [0.25, 0.3) is 0 Å². The summed E-state index contributed by atoms with van der Waals surface area (Å²) in [5, 5.41) is 0. The van der Waals surface area contributed by atoms with E-state index in [4.69, 9.17) is 9.16 Å². The van der Waals surface area contributed by atoms with Crippen LogP contribution in [0, 0.1) is 0 Å². The first-order valence-electron chi connectivity index (χ1n) is 3.58. The van der Waals surface area contributed by atoms with Crippen molar-refractivity contribution in [2.24, 2.45) is 0 Å². The Morgan fingerprint density at radius 1 is 1.00 bits per heavy atom. The number of methoxy groups -OCH3 is 1. The van der Waals surface area contributed by atoms with E-state index >= 15 is 0 Å². The lowest BCUT2D eigenvalue weighted by molar-refractivity contribution is 0.338. The SMILES string of the molecule is CO/C=C/C=C/O[Si](C)(C)C. The lowest BCUT2D eigenvalue weighted by Crippen LogP contribution is -2.21. The summed E-state index contributed by atoms with van der Waals surface area (Å²) in [5.74, 6) is 0. The van der Waals surface area contributed by atoms with Gasteiger partial charge in [0, 0.05) is 0 Å². The van der Waals surface area contributed by atoms with Crippen LogP contribution in [0.2, 0.25) is 19.6 Å². The van der Waals surface area contributed by atoms with Crippen LogP contribution < -0.4 is 0 Å². The maximum Gasteiger partial charge on any atom is 0.241 e. The molecule has 0 heterocycles. The Kier molecular flexibility index (Phi) is 4.69. The number of ether oxygens (including phenoxy) is 1. The molecule has 0 aromatic heterocycles. The van der Waals surface area contributed by atoms with E-state index < -0.39 is 8.32 Å². The van der Waals surface area contributed by atoms with Gasteiger partial charge in [0.05, 0.1) is 19.6 Å². The monoisotopic (exact) mass is 172 g/mol. The first kappa shape index (κ1) is 10.3. The molecule has 0 spiro atoms. The molecule has 0 bridgehead atoms. The van der Waals surface area contributed by atoms with Crippen molar-refractivity contribution in [3.05, 3.63) is 24.7 Å². The molecule has 0 aromatic rings. The minimum Gasteiger partial charge on any atom is -0.550 e. The lowest BCUT2D eigenvalue weighted by Gasteiger charge is -2.13. The van der Waals surface area contributed by atoms with Crippen molar-refractivity contribution in [1.29, 1.82) is 0 Å². The Hall–Kier alpha value is -0.703. The van der Waals surface area contributed by atoms with Gasteiger partial charge in [-0.2, -0.15) is 0 Å². The van der Waals surface area contributed by atoms with Gasteiger partial charge in [0.25, 0.3) is 0 Å². The molecule has 0 radical (unpaired) electrons. The molecule has 0 unspecified atom stereocenters. The van der Waals surface area contributed by atoms with Crippen molar-refractivity contribution in [2.75, 3.05) is 7.11 Å². The molecule has 0 atom stereocenters. The zero-order valence-corrected chi connectivity index (χ0v) is 8.63. The Morgan fingerprint density at radius 3 is 2.00 bits per heavy atom. The summed E-state index contributed by atoms with van der Waals surface area (Å²) >= 11 is 0. The van der Waals surface area contributed by atoms with E-state index in [1.807, 2.05) is 6.08 Å². The van der Waals surface area contributed by atoms with Crippen molar-refractivity contribution in [2.45, 2.75) is 19.6 Å². The maximum absolute atomic E-state index is 5.43. The third-order valence-electron chi connectivity index (χ3n) is 0.826. The average molecular weight is 172 g/mol. The Morgan fingerprint density at radius 2 is 1.55 bits per heavy atom. The molecular formula is C8H16O2Si. The summed E-state index contributed by atoms with van der Waals surface area (Å²) in [7, 11) is 0.236. The standard InChI is InChI=1S/C8H16O2Si/c1-9-7-5-6-8-10-11(2,3)4/h5-8H,1-4H3/b7-5+,8-6+. The van der Waals surface area contributed by atoms with E-state index in [2.05, 4.69) is 19.6 Å². The second kappa shape index (κ2) is 5.01. The second-order valence-electron chi connectivity index (χ2n) is 3.12. The highest BCUT2D eigenvalue weighted by Crippen LogP contribution is 2.02. The fourth-order valence-electron chi connectivity index (χ4n) is 0.413. The molecule has 64 valence electrons. The van der Waals surface area contributed by atoms with Crippen LogP contribution in [0.4, 0.5) is 0 Å². The molecule has 0 aliphatic heterocycles. The van der Waals surface area contributed by atoms with Crippen LogP contribution in [0.15, 0.2) is 24.7 Å². The van der Waals surface area contributed by atoms with Crippen molar-refractivity contribution in [1.82, 2.24) is 0 Å². The van der Waals surface area contributed by atoms with Crippen LogP contribution in [-0.4, -0.2) is 15.4 Å². The van der Waals surface area contributed by atoms with Crippen LogP contribution in [0.5, 0.6) is 0 Å². The largest absolute Gasteiger partial charge is 0.550 e. The molecular weight excluding hydrogens is 156 g/mol. The summed E-state index contributed by atoms with van der Waals surface area (Å²) in [5.41, 5.74) is 0. The summed E-state index contributed by atoms with van der Waals surface area (Å²) in [4.78, 5) is 0. The van der Waals surface area contributed by atoms with Crippen LogP contribution in [0.1, 0.15) is 0 Å². The number of hydrogen-bond donors (Lipinski definition) is 0. The Balaban J connectivity index is 3.53. The van der Waals surface area contributed by atoms with E-state index in [1.54, 1.807) is 25.7 Å². The van der Waals surface area contributed by atoms with Gasteiger partial charge in [-0.15, -0.1) is 0 Å². The van der Waals surface area contributed by atoms with Crippen molar-refractivity contribution in [3.63, 3.8) is 0 Å². The van der Waals surface area contributed by atoms with Gasteiger partial charge in [-0.05, 0) is 31.8 Å². The van der Waals surface area contributed by atoms with E-state index in [1.165, 1.54) is 0 Å². The summed E-state index contributed by atoms with van der Waals surface area (Å²) in [6, 6.07) is 0. The highest BCUT2D eigenvalue weighted by atomic mass is 28.4. The molecule has 2 nitrogen and oxygen atoms in total. The van der Waals surface area contributed by atoms with Gasteiger partial charge < -0.3 is 9.16 Å². The van der Waals surface area contributed by atoms with Crippen molar-refractivity contribution in [3.8, 4) is 0 Å². The second-order valence-corrected chi connectivity index (χ2v) is 7.58. The third kappa shape index (κ3) is 9.30. The molecule has 0 saturated heterocycles. The lowest BCUT2D eigenvalue weighted by atomic mass is 10.6. The van der Waals surface area contributed by atoms with E-state index in [-0.39, 0.29) is 0 Å². The van der Waals surface area contributed by atoms with Gasteiger partial charge in [-0.3, -0.25) is 0 Å². The minimum atomic E-state index is -1.38. The summed E-state index contributed by atoms with van der Waals surface area (Å²) in [6.07, 6.45) is 6.92. The highest BCUT2D eigenvalue weighted by molar-refractivity contribution is 6.69. The highest BCUT2D eigenvalue weighted by Gasteiger charge is 2.12. The van der Waals surface area contributed by atoms with Crippen LogP contribution in [-0.2, 0) is 9.16 Å². The molecule has 0 amide bonds. The molecule has 0 saturated carbocycles. The molecule has 0 aromatic carbocycles. The maximum atomic E-state index is 5.43. The van der Waals surface area contributed by atoms with Crippen molar-refractivity contribution >= 4 is 8.32 Å². The quantitative estimate of drug-likeness (QED) is 0.368. The number of rotatable bonds is 4. The zero-order chi connectivity index (χ0) is 8.74. The van der Waals surface area contributed by atoms with Crippen LogP contribution >= 0.6 is 0 Å². The van der Waals surface area contributed by atoms with Gasteiger partial charge in [-0.1, -0.05) is 0 Å². The molecule has 0 N–H and O–H groups in total. The average Bonchev–Trinajstić information content (AvgIpc) is 1.85. The van der Waals surface area contributed by atoms with Gasteiger partial charge in [0.1, 0.15) is 0 Å². The van der Waals surface area contributed by atoms with E-state index in [9.17, 15) is 0 Å². The van der Waals surface area contributed by atoms with Crippen LogP contribution in [0.3, 0.4) is 0 Å². The molecule has 0 rings (SSSR count). The van der Waals surface area contributed by atoms with E-state index in [0.717, 1.165) is 0 Å². The van der Waals surface area contributed by atoms with Gasteiger partial charge in [-0.25, -0.2) is 0 Å². The third-order valence-corrected chi connectivity index (χ3v) is 1.67. The fraction of sp³-hybridized carbons (Fsp3) is 0.500. The predicted molar refractivity (Wildman–Crippen MR) is 49.7 cm³/mol. The van der Waals surface area contributed by atoms with Gasteiger partial charge >= 0.3 is 0 Å². The molecule has 0 aliphatic rings. The first-order valence-corrected chi connectivity index (χ1v) is 6.99. The Labute approximate surface area is 69.6 Å². The molecule has 11 heavy (non-hydrogen) atoms. The van der Waals surface area contributed by atoms with E-state index in [0.29, 0.717) is 0 Å². The number of hydrogen-bond acceptors (Lipinski definition) is 2. The predicted octanol–water partition coefficient (Wildman–Crippen LogP) is 2.51. The summed E-state index contributed by atoms with van der Waals surface area (Å²) in [6.45, 7) is 6.41. The zero-order valence-electron chi connectivity index (χ0n) is 7.63. The first-order chi connectivity index (χ1) is 5.06.